The first-order valence-corrected chi connectivity index (χ1v) is 6.93. The van der Waals surface area contributed by atoms with Crippen LogP contribution in [0, 0.1) is 5.82 Å². The van der Waals surface area contributed by atoms with E-state index in [1.54, 1.807) is 12.1 Å². The molecule has 0 heterocycles. The molecule has 1 N–H and O–H groups in total. The van der Waals surface area contributed by atoms with Gasteiger partial charge in [-0.15, -0.1) is 0 Å². The summed E-state index contributed by atoms with van der Waals surface area (Å²) >= 11 is 0. The number of ether oxygens (including phenoxy) is 1. The lowest BCUT2D eigenvalue weighted by Gasteiger charge is -2.08. The van der Waals surface area contributed by atoms with Crippen molar-refractivity contribution < 1.29 is 13.9 Å². The van der Waals surface area contributed by atoms with Crippen LogP contribution >= 0.6 is 0 Å². The number of benzene rings is 2. The van der Waals surface area contributed by atoms with Crippen LogP contribution in [0.1, 0.15) is 12.0 Å². The topological polar surface area (TPSA) is 38.3 Å². The van der Waals surface area contributed by atoms with E-state index < -0.39 is 5.82 Å². The van der Waals surface area contributed by atoms with Crippen molar-refractivity contribution in [2.75, 3.05) is 13.2 Å². The zero-order valence-corrected chi connectivity index (χ0v) is 11.7. The molecular weight excluding hydrogens is 269 g/mol. The molecule has 110 valence electrons. The Hall–Kier alpha value is -2.36. The fourth-order valence-electron chi connectivity index (χ4n) is 1.92. The molecule has 0 spiro atoms. The molecule has 2 aromatic carbocycles. The van der Waals surface area contributed by atoms with E-state index >= 15 is 0 Å². The van der Waals surface area contributed by atoms with Crippen molar-refractivity contribution in [1.82, 2.24) is 5.32 Å². The predicted octanol–water partition coefficient (Wildman–Crippen LogP) is 2.95. The summed E-state index contributed by atoms with van der Waals surface area (Å²) in [4.78, 5) is 11.6. The molecule has 1 amide bonds. The van der Waals surface area contributed by atoms with E-state index in [1.165, 1.54) is 17.7 Å². The number of rotatable bonds is 7. The number of aryl methyl sites for hydroxylation is 1. The Kier molecular flexibility index (Phi) is 5.76. The molecule has 0 radical (unpaired) electrons. The van der Waals surface area contributed by atoms with Gasteiger partial charge in [0.05, 0.1) is 0 Å². The van der Waals surface area contributed by atoms with Crippen LogP contribution in [-0.2, 0) is 11.2 Å². The molecule has 4 heteroatoms. The van der Waals surface area contributed by atoms with E-state index in [4.69, 9.17) is 4.74 Å². The molecular formula is C17H18FNO2. The molecule has 0 atom stereocenters. The van der Waals surface area contributed by atoms with Gasteiger partial charge in [0.2, 0.25) is 0 Å². The Bertz CT molecular complexity index is 572. The lowest BCUT2D eigenvalue weighted by Crippen LogP contribution is -2.30. The maximum absolute atomic E-state index is 13.3. The highest BCUT2D eigenvalue weighted by molar-refractivity contribution is 5.77. The van der Waals surface area contributed by atoms with Gasteiger partial charge in [-0.2, -0.15) is 0 Å². The molecule has 0 fully saturated rings. The molecule has 3 nitrogen and oxygen atoms in total. The van der Waals surface area contributed by atoms with Crippen LogP contribution in [0.25, 0.3) is 0 Å². The summed E-state index contributed by atoms with van der Waals surface area (Å²) in [5.41, 5.74) is 1.24. The maximum Gasteiger partial charge on any atom is 0.257 e. The zero-order chi connectivity index (χ0) is 14.9. The number of carbonyl (C=O) groups is 1. The van der Waals surface area contributed by atoms with Gasteiger partial charge in [0, 0.05) is 6.54 Å². The van der Waals surface area contributed by atoms with E-state index in [2.05, 4.69) is 17.4 Å². The first-order chi connectivity index (χ1) is 10.3. The van der Waals surface area contributed by atoms with Crippen molar-refractivity contribution in [1.29, 1.82) is 0 Å². The summed E-state index contributed by atoms with van der Waals surface area (Å²) in [6.07, 6.45) is 1.77. The van der Waals surface area contributed by atoms with Gasteiger partial charge in [0.25, 0.3) is 5.91 Å². The Morgan fingerprint density at radius 1 is 1.05 bits per heavy atom. The SMILES string of the molecule is O=C(COc1ccccc1F)NCCCc1ccccc1. The molecule has 2 aromatic rings. The van der Waals surface area contributed by atoms with E-state index in [0.29, 0.717) is 6.54 Å². The summed E-state index contributed by atoms with van der Waals surface area (Å²) in [6.45, 7) is 0.403. The van der Waals surface area contributed by atoms with Gasteiger partial charge in [-0.1, -0.05) is 42.5 Å². The third-order valence-electron chi connectivity index (χ3n) is 3.00. The third-order valence-corrected chi connectivity index (χ3v) is 3.00. The van der Waals surface area contributed by atoms with Crippen molar-refractivity contribution in [2.24, 2.45) is 0 Å². The molecule has 0 saturated carbocycles. The standard InChI is InChI=1S/C17H18FNO2/c18-15-10-4-5-11-16(15)21-13-17(20)19-12-6-9-14-7-2-1-3-8-14/h1-5,7-8,10-11H,6,9,12-13H2,(H,19,20). The summed E-state index contributed by atoms with van der Waals surface area (Å²) in [5, 5.41) is 2.76. The Labute approximate surface area is 123 Å². The Morgan fingerprint density at radius 3 is 2.52 bits per heavy atom. The normalized spacial score (nSPS) is 10.1. The molecule has 2 rings (SSSR count). The van der Waals surface area contributed by atoms with Gasteiger partial charge in [0.15, 0.2) is 18.2 Å². The number of hydrogen-bond acceptors (Lipinski definition) is 2. The number of carbonyl (C=O) groups excluding carboxylic acids is 1. The van der Waals surface area contributed by atoms with Gasteiger partial charge < -0.3 is 10.1 Å². The highest BCUT2D eigenvalue weighted by Gasteiger charge is 2.05. The fraction of sp³-hybridized carbons (Fsp3) is 0.235. The highest BCUT2D eigenvalue weighted by atomic mass is 19.1. The molecule has 0 aliphatic rings. The minimum Gasteiger partial charge on any atom is -0.481 e. The average Bonchev–Trinajstić information content (AvgIpc) is 2.52. The van der Waals surface area contributed by atoms with Gasteiger partial charge in [-0.05, 0) is 30.5 Å². The number of nitrogens with one attached hydrogen (secondary N) is 1. The number of amides is 1. The summed E-state index contributed by atoms with van der Waals surface area (Å²) < 4.78 is 18.4. The van der Waals surface area contributed by atoms with Crippen LogP contribution in [0.4, 0.5) is 4.39 Å². The van der Waals surface area contributed by atoms with Crippen LogP contribution in [0.5, 0.6) is 5.75 Å². The van der Waals surface area contributed by atoms with Crippen molar-refractivity contribution in [3.63, 3.8) is 0 Å². The van der Waals surface area contributed by atoms with Crippen molar-refractivity contribution in [3.8, 4) is 5.75 Å². The van der Waals surface area contributed by atoms with E-state index in [1.807, 2.05) is 18.2 Å². The second kappa shape index (κ2) is 8.04. The molecule has 0 aliphatic carbocycles. The molecule has 0 saturated heterocycles. The van der Waals surface area contributed by atoms with E-state index in [9.17, 15) is 9.18 Å². The number of para-hydroxylation sites is 1. The molecule has 0 bridgehead atoms. The van der Waals surface area contributed by atoms with Gasteiger partial charge in [0.1, 0.15) is 0 Å². The van der Waals surface area contributed by atoms with Gasteiger partial charge in [-0.3, -0.25) is 4.79 Å². The quantitative estimate of drug-likeness (QED) is 0.795. The second-order valence-electron chi connectivity index (χ2n) is 4.66. The minimum atomic E-state index is -0.464. The summed E-state index contributed by atoms with van der Waals surface area (Å²) in [5.74, 6) is -0.613. The van der Waals surface area contributed by atoms with Crippen LogP contribution in [-0.4, -0.2) is 19.1 Å². The van der Waals surface area contributed by atoms with Crippen LogP contribution in [0.2, 0.25) is 0 Å². The van der Waals surface area contributed by atoms with Crippen molar-refractivity contribution >= 4 is 5.91 Å². The van der Waals surface area contributed by atoms with Crippen LogP contribution < -0.4 is 10.1 Å². The Morgan fingerprint density at radius 2 is 1.76 bits per heavy atom. The predicted molar refractivity (Wildman–Crippen MR) is 79.7 cm³/mol. The maximum atomic E-state index is 13.3. The van der Waals surface area contributed by atoms with Gasteiger partial charge >= 0.3 is 0 Å². The molecule has 21 heavy (non-hydrogen) atoms. The highest BCUT2D eigenvalue weighted by Crippen LogP contribution is 2.14. The second-order valence-corrected chi connectivity index (χ2v) is 4.66. The average molecular weight is 287 g/mol. The Balaban J connectivity index is 1.63. The number of halogens is 1. The minimum absolute atomic E-state index is 0.0944. The van der Waals surface area contributed by atoms with E-state index in [-0.39, 0.29) is 18.3 Å². The monoisotopic (exact) mass is 287 g/mol. The largest absolute Gasteiger partial charge is 0.481 e. The smallest absolute Gasteiger partial charge is 0.257 e. The lowest BCUT2D eigenvalue weighted by molar-refractivity contribution is -0.123. The molecule has 0 unspecified atom stereocenters. The van der Waals surface area contributed by atoms with Gasteiger partial charge in [-0.25, -0.2) is 4.39 Å². The van der Waals surface area contributed by atoms with Crippen LogP contribution in [0.3, 0.4) is 0 Å². The van der Waals surface area contributed by atoms with Crippen molar-refractivity contribution in [3.05, 3.63) is 66.0 Å². The lowest BCUT2D eigenvalue weighted by atomic mass is 10.1. The first-order valence-electron chi connectivity index (χ1n) is 6.93. The fourth-order valence-corrected chi connectivity index (χ4v) is 1.92. The van der Waals surface area contributed by atoms with Crippen LogP contribution in [0.15, 0.2) is 54.6 Å². The first kappa shape index (κ1) is 15.0. The van der Waals surface area contributed by atoms with E-state index in [0.717, 1.165) is 12.8 Å². The summed E-state index contributed by atoms with van der Waals surface area (Å²) in [7, 11) is 0. The van der Waals surface area contributed by atoms with Crippen molar-refractivity contribution in [2.45, 2.75) is 12.8 Å². The third kappa shape index (κ3) is 5.26. The molecule has 0 aliphatic heterocycles. The number of hydrogen-bond donors (Lipinski definition) is 1. The molecule has 0 aromatic heterocycles. The zero-order valence-electron chi connectivity index (χ0n) is 11.7. The summed E-state index contributed by atoms with van der Waals surface area (Å²) in [6, 6.07) is 16.1.